The molecule has 1 heterocycles. The van der Waals surface area contributed by atoms with Crippen LogP contribution < -0.4 is 0 Å². The number of amides is 2. The van der Waals surface area contributed by atoms with Crippen molar-refractivity contribution >= 4 is 40.6 Å². The van der Waals surface area contributed by atoms with Crippen LogP contribution in [0, 0.1) is 17.8 Å². The van der Waals surface area contributed by atoms with Gasteiger partial charge in [0.25, 0.3) is 11.8 Å². The van der Waals surface area contributed by atoms with E-state index < -0.39 is 35.0 Å². The molecule has 2 aromatic carbocycles. The van der Waals surface area contributed by atoms with E-state index in [9.17, 15) is 27.6 Å². The summed E-state index contributed by atoms with van der Waals surface area (Å²) in [6, 6.07) is 7.55. The Bertz CT molecular complexity index is 1210. The van der Waals surface area contributed by atoms with Gasteiger partial charge in [0.05, 0.1) is 11.1 Å². The number of benzene rings is 2. The number of alkyl halides is 3. The summed E-state index contributed by atoms with van der Waals surface area (Å²) in [5.41, 5.74) is -5.34. The molecular weight excluding hydrogens is 483 g/mol. The van der Waals surface area contributed by atoms with Gasteiger partial charge in [-0.25, -0.2) is 0 Å². The average molecular weight is 508 g/mol. The fourth-order valence-corrected chi connectivity index (χ4v) is 4.23. The van der Waals surface area contributed by atoms with Crippen molar-refractivity contribution in [1.29, 1.82) is 0 Å². The lowest BCUT2D eigenvalue weighted by molar-refractivity contribution is -0.154. The van der Waals surface area contributed by atoms with Crippen molar-refractivity contribution in [1.82, 2.24) is 5.06 Å². The predicted octanol–water partition coefficient (Wildman–Crippen LogP) is 6.04. The van der Waals surface area contributed by atoms with Crippen molar-refractivity contribution in [2.45, 2.75) is 58.1 Å². The van der Waals surface area contributed by atoms with Crippen molar-refractivity contribution in [3.63, 3.8) is 0 Å². The summed E-state index contributed by atoms with van der Waals surface area (Å²) in [6.07, 6.45) is 1.41. The van der Waals surface area contributed by atoms with Gasteiger partial charge >= 0.3 is 11.5 Å². The Hall–Kier alpha value is -3.03. The molecule has 0 radical (unpaired) electrons. The zero-order valence-electron chi connectivity index (χ0n) is 19.6. The summed E-state index contributed by atoms with van der Waals surface area (Å²) in [6.45, 7) is 7.58. The highest BCUT2D eigenvalue weighted by molar-refractivity contribution is 7.95. The summed E-state index contributed by atoms with van der Waals surface area (Å²) in [4.78, 5) is 37.7. The van der Waals surface area contributed by atoms with E-state index >= 15 is 0 Å². The van der Waals surface area contributed by atoms with E-state index in [4.69, 9.17) is 4.74 Å². The molecule has 2 aromatic rings. The Morgan fingerprint density at radius 2 is 1.77 bits per heavy atom. The number of halogens is 3. The summed E-state index contributed by atoms with van der Waals surface area (Å²) in [5.74, 6) is 3.89. The van der Waals surface area contributed by atoms with Crippen molar-refractivity contribution in [3.8, 4) is 11.8 Å². The summed E-state index contributed by atoms with van der Waals surface area (Å²) in [5, 5.41) is 0.858. The van der Waals surface area contributed by atoms with Gasteiger partial charge in [0.1, 0.15) is 12.0 Å². The molecule has 2 amide bonds. The van der Waals surface area contributed by atoms with Gasteiger partial charge in [-0.3, -0.25) is 14.4 Å². The van der Waals surface area contributed by atoms with E-state index in [0.29, 0.717) is 23.8 Å². The molecule has 0 fully saturated rings. The minimum absolute atomic E-state index is 0.0165. The predicted molar refractivity (Wildman–Crippen MR) is 125 cm³/mol. The van der Waals surface area contributed by atoms with E-state index in [1.165, 1.54) is 12.1 Å². The Morgan fingerprint density at radius 1 is 1.11 bits per heavy atom. The minimum Gasteiger partial charge on any atom is -0.446 e. The molecule has 0 saturated carbocycles. The van der Waals surface area contributed by atoms with Crippen LogP contribution in [0.5, 0.6) is 0 Å². The van der Waals surface area contributed by atoms with Gasteiger partial charge in [-0.05, 0) is 42.8 Å². The van der Waals surface area contributed by atoms with Crippen LogP contribution in [0.15, 0.2) is 30.3 Å². The number of nitrogens with zero attached hydrogens (tertiary/aromatic N) is 1. The van der Waals surface area contributed by atoms with E-state index in [1.54, 1.807) is 25.1 Å². The normalized spacial score (nSPS) is 15.1. The van der Waals surface area contributed by atoms with E-state index in [1.807, 2.05) is 20.8 Å². The third-order valence-electron chi connectivity index (χ3n) is 5.13. The van der Waals surface area contributed by atoms with Crippen LogP contribution in [0.2, 0.25) is 0 Å². The van der Waals surface area contributed by atoms with Crippen LogP contribution in [-0.4, -0.2) is 34.0 Å². The van der Waals surface area contributed by atoms with Crippen molar-refractivity contribution in [2.75, 3.05) is 0 Å². The van der Waals surface area contributed by atoms with Gasteiger partial charge < -0.3 is 4.74 Å². The van der Waals surface area contributed by atoms with E-state index in [2.05, 4.69) is 16.1 Å². The van der Waals surface area contributed by atoms with Crippen molar-refractivity contribution in [2.24, 2.45) is 5.92 Å². The lowest BCUT2D eigenvalue weighted by Gasteiger charge is -2.26. The van der Waals surface area contributed by atoms with Crippen LogP contribution >= 0.6 is 12.0 Å². The fourth-order valence-electron chi connectivity index (χ4n) is 3.93. The maximum absolute atomic E-state index is 12.8. The largest absolute Gasteiger partial charge is 0.470 e. The number of hydroxylamine groups is 2. The Morgan fingerprint density at radius 3 is 2.37 bits per heavy atom. The summed E-state index contributed by atoms with van der Waals surface area (Å²) >= 11 is -0.941. The maximum Gasteiger partial charge on any atom is 0.470 e. The smallest absolute Gasteiger partial charge is 0.446 e. The summed E-state index contributed by atoms with van der Waals surface area (Å²) in [7, 11) is 0. The summed E-state index contributed by atoms with van der Waals surface area (Å²) < 4.78 is 47.8. The maximum atomic E-state index is 12.8. The number of hydrogen-bond donors (Lipinski definition) is 0. The first kappa shape index (κ1) is 26.6. The van der Waals surface area contributed by atoms with Gasteiger partial charge in [-0.2, -0.15) is 17.5 Å². The molecule has 10 heteroatoms. The molecular formula is C25H24F3NO5S. The third-order valence-corrected chi connectivity index (χ3v) is 5.54. The highest BCUT2D eigenvalue weighted by Gasteiger charge is 2.39. The number of carbonyl (C=O) groups is 3. The fraction of sp³-hybridized carbons (Fsp3) is 0.400. The van der Waals surface area contributed by atoms with Crippen molar-refractivity contribution in [3.05, 3.63) is 47.0 Å². The van der Waals surface area contributed by atoms with E-state index in [-0.39, 0.29) is 39.9 Å². The molecule has 6 nitrogen and oxygen atoms in total. The highest BCUT2D eigenvalue weighted by Crippen LogP contribution is 2.37. The lowest BCUT2D eigenvalue weighted by Crippen LogP contribution is -2.39. The van der Waals surface area contributed by atoms with Crippen LogP contribution in [0.25, 0.3) is 10.8 Å². The second-order valence-electron chi connectivity index (χ2n) is 8.70. The first-order valence-corrected chi connectivity index (χ1v) is 11.7. The molecule has 0 spiro atoms. The second-order valence-corrected chi connectivity index (χ2v) is 9.48. The number of rotatable bonds is 7. The molecule has 186 valence electrons. The van der Waals surface area contributed by atoms with Gasteiger partial charge in [0.2, 0.25) is 0 Å². The average Bonchev–Trinajstić information content (AvgIpc) is 2.74. The molecule has 1 unspecified atom stereocenters. The zero-order chi connectivity index (χ0) is 26.0. The Labute approximate surface area is 205 Å². The molecule has 35 heavy (non-hydrogen) atoms. The minimum atomic E-state index is -4.80. The second kappa shape index (κ2) is 10.3. The molecule has 0 aromatic heterocycles. The van der Waals surface area contributed by atoms with Gasteiger partial charge in [0.15, 0.2) is 5.60 Å². The van der Waals surface area contributed by atoms with Crippen molar-refractivity contribution < 1.29 is 36.6 Å². The standard InChI is InChI=1S/C25H24F3NO5S/c1-5-7-20(30)33-24(4,14-15(2)3)13-12-16-10-11-19-21-17(16)8-6-9-18(21)22(31)29(23(19)32)34-35-25(26,27)28/h6,8-11,15H,5,7,14H2,1-4H3. The Balaban J connectivity index is 2.03. The number of esters is 1. The topological polar surface area (TPSA) is 72.9 Å². The van der Waals surface area contributed by atoms with Gasteiger partial charge in [0, 0.05) is 23.8 Å². The molecule has 1 atom stereocenters. The first-order chi connectivity index (χ1) is 16.3. The number of hydrogen-bond acceptors (Lipinski definition) is 6. The number of carbonyl (C=O) groups excluding carboxylic acids is 3. The van der Waals surface area contributed by atoms with Crippen LogP contribution in [0.3, 0.4) is 0 Å². The highest BCUT2D eigenvalue weighted by atomic mass is 32.2. The molecule has 0 saturated heterocycles. The lowest BCUT2D eigenvalue weighted by atomic mass is 9.91. The third kappa shape index (κ3) is 6.16. The van der Waals surface area contributed by atoms with Crippen LogP contribution in [-0.2, 0) is 13.8 Å². The molecule has 0 bridgehead atoms. The van der Waals surface area contributed by atoms with Crippen LogP contribution in [0.4, 0.5) is 13.2 Å². The quantitative estimate of drug-likeness (QED) is 0.197. The SMILES string of the molecule is CCCC(=O)OC(C)(C#Cc1ccc2c3c(cccc13)C(=O)N(OSC(F)(F)F)C2=O)CC(C)C. The monoisotopic (exact) mass is 507 g/mol. The molecule has 1 aliphatic heterocycles. The van der Waals surface area contributed by atoms with Gasteiger partial charge in [-0.15, -0.1) is 5.06 Å². The van der Waals surface area contributed by atoms with E-state index in [0.717, 1.165) is 0 Å². The first-order valence-electron chi connectivity index (χ1n) is 11.0. The molecule has 0 N–H and O–H groups in total. The number of imide groups is 1. The molecule has 3 rings (SSSR count). The number of ether oxygens (including phenoxy) is 1. The van der Waals surface area contributed by atoms with Crippen LogP contribution in [0.1, 0.15) is 73.2 Å². The molecule has 0 aliphatic carbocycles. The van der Waals surface area contributed by atoms with Gasteiger partial charge in [-0.1, -0.05) is 44.7 Å². The molecule has 1 aliphatic rings. The zero-order valence-corrected chi connectivity index (χ0v) is 20.4. The Kier molecular flexibility index (Phi) is 7.82.